The lowest BCUT2D eigenvalue weighted by Crippen LogP contribution is -2.26. The number of benzene rings is 1. The van der Waals surface area contributed by atoms with Crippen molar-refractivity contribution in [2.24, 2.45) is 0 Å². The molecule has 1 aromatic carbocycles. The number of sulfonamides is 1. The first-order chi connectivity index (χ1) is 10.1. The maximum atomic E-state index is 12.2. The molecule has 0 aliphatic rings. The van der Waals surface area contributed by atoms with Gasteiger partial charge in [-0.05, 0) is 25.0 Å². The summed E-state index contributed by atoms with van der Waals surface area (Å²) >= 11 is 0. The molecule has 0 bridgehead atoms. The Labute approximate surface area is 126 Å². The maximum Gasteiger partial charge on any atom is 0.241 e. The van der Waals surface area contributed by atoms with Crippen LogP contribution in [-0.4, -0.2) is 39.9 Å². The second-order valence-corrected chi connectivity index (χ2v) is 6.06. The van der Waals surface area contributed by atoms with E-state index in [0.717, 1.165) is 6.42 Å². The summed E-state index contributed by atoms with van der Waals surface area (Å²) in [5.41, 5.74) is 0.376. The molecule has 5 nitrogen and oxygen atoms in total. The Bertz CT molecular complexity index is 587. The van der Waals surface area contributed by atoms with Crippen molar-refractivity contribution in [2.45, 2.75) is 24.7 Å². The van der Waals surface area contributed by atoms with Gasteiger partial charge >= 0.3 is 0 Å². The molecule has 0 spiro atoms. The molecule has 0 atom stereocenters. The Morgan fingerprint density at radius 1 is 1.29 bits per heavy atom. The quantitative estimate of drug-likeness (QED) is 0.557. The van der Waals surface area contributed by atoms with Gasteiger partial charge in [-0.2, -0.15) is 0 Å². The second kappa shape index (κ2) is 9.53. The largest absolute Gasteiger partial charge is 0.384 e. The SMILES string of the molecule is CCCOCCCNS(=O)(=O)c1ccccc1C#CCO. The first-order valence-electron chi connectivity index (χ1n) is 6.88. The van der Waals surface area contributed by atoms with Gasteiger partial charge in [0.05, 0.1) is 4.90 Å². The molecular weight excluding hydrogens is 290 g/mol. The van der Waals surface area contributed by atoms with E-state index in [-0.39, 0.29) is 11.5 Å². The van der Waals surface area contributed by atoms with E-state index in [2.05, 4.69) is 16.6 Å². The van der Waals surface area contributed by atoms with Crippen molar-refractivity contribution in [1.29, 1.82) is 0 Å². The van der Waals surface area contributed by atoms with Crippen molar-refractivity contribution in [3.8, 4) is 11.8 Å². The van der Waals surface area contributed by atoms with Crippen LogP contribution >= 0.6 is 0 Å². The fourth-order valence-electron chi connectivity index (χ4n) is 1.64. The van der Waals surface area contributed by atoms with Gasteiger partial charge in [-0.25, -0.2) is 13.1 Å². The van der Waals surface area contributed by atoms with E-state index in [1.165, 1.54) is 6.07 Å². The van der Waals surface area contributed by atoms with Gasteiger partial charge < -0.3 is 9.84 Å². The summed E-state index contributed by atoms with van der Waals surface area (Å²) in [5.74, 6) is 5.10. The predicted molar refractivity (Wildman–Crippen MR) is 81.3 cm³/mol. The van der Waals surface area contributed by atoms with E-state index in [0.29, 0.717) is 31.7 Å². The highest BCUT2D eigenvalue weighted by Crippen LogP contribution is 2.14. The molecule has 0 radical (unpaired) electrons. The zero-order valence-electron chi connectivity index (χ0n) is 12.1. The van der Waals surface area contributed by atoms with Crippen molar-refractivity contribution >= 4 is 10.0 Å². The van der Waals surface area contributed by atoms with Crippen LogP contribution in [-0.2, 0) is 14.8 Å². The number of ether oxygens (including phenoxy) is 1. The zero-order valence-corrected chi connectivity index (χ0v) is 12.9. The predicted octanol–water partition coefficient (Wildman–Crippen LogP) is 1.13. The summed E-state index contributed by atoms with van der Waals surface area (Å²) in [5, 5.41) is 8.71. The summed E-state index contributed by atoms with van der Waals surface area (Å²) in [7, 11) is -3.60. The van der Waals surface area contributed by atoms with Crippen molar-refractivity contribution in [3.05, 3.63) is 29.8 Å². The Morgan fingerprint density at radius 3 is 2.76 bits per heavy atom. The van der Waals surface area contributed by atoms with Crippen LogP contribution < -0.4 is 4.72 Å². The van der Waals surface area contributed by atoms with Crippen LogP contribution in [0.15, 0.2) is 29.2 Å². The third-order valence-electron chi connectivity index (χ3n) is 2.58. The molecule has 116 valence electrons. The highest BCUT2D eigenvalue weighted by atomic mass is 32.2. The van der Waals surface area contributed by atoms with Gasteiger partial charge in [-0.15, -0.1) is 0 Å². The molecule has 0 heterocycles. The third kappa shape index (κ3) is 6.27. The fraction of sp³-hybridized carbons (Fsp3) is 0.467. The molecule has 0 unspecified atom stereocenters. The second-order valence-electron chi connectivity index (χ2n) is 4.32. The lowest BCUT2D eigenvalue weighted by Gasteiger charge is -2.08. The topological polar surface area (TPSA) is 75.6 Å². The summed E-state index contributed by atoms with van der Waals surface area (Å²) in [6, 6.07) is 6.46. The zero-order chi connectivity index (χ0) is 15.6. The first-order valence-corrected chi connectivity index (χ1v) is 8.36. The maximum absolute atomic E-state index is 12.2. The van der Waals surface area contributed by atoms with Crippen LogP contribution in [0.2, 0.25) is 0 Å². The standard InChI is InChI=1S/C15H21NO4S/c1-2-12-20-13-6-10-16-21(18,19)15-9-4-3-7-14(15)8-5-11-17/h3-4,7,9,16-17H,2,6,10-13H2,1H3. The summed E-state index contributed by atoms with van der Waals surface area (Å²) < 4.78 is 32.3. The minimum Gasteiger partial charge on any atom is -0.384 e. The summed E-state index contributed by atoms with van der Waals surface area (Å²) in [6.07, 6.45) is 1.56. The molecule has 0 fully saturated rings. The van der Waals surface area contributed by atoms with Crippen molar-refractivity contribution in [3.63, 3.8) is 0 Å². The van der Waals surface area contributed by atoms with E-state index < -0.39 is 10.0 Å². The van der Waals surface area contributed by atoms with Gasteiger partial charge in [-0.3, -0.25) is 0 Å². The van der Waals surface area contributed by atoms with Gasteiger partial charge in [0, 0.05) is 25.3 Å². The molecule has 0 aliphatic carbocycles. The average Bonchev–Trinajstić information content (AvgIpc) is 2.49. The number of rotatable bonds is 8. The monoisotopic (exact) mass is 311 g/mol. The van der Waals surface area contributed by atoms with E-state index in [1.807, 2.05) is 6.92 Å². The van der Waals surface area contributed by atoms with E-state index in [4.69, 9.17) is 9.84 Å². The minimum absolute atomic E-state index is 0.125. The molecule has 0 aromatic heterocycles. The van der Waals surface area contributed by atoms with Crippen LogP contribution in [0.25, 0.3) is 0 Å². The van der Waals surface area contributed by atoms with Crippen LogP contribution in [0.4, 0.5) is 0 Å². The van der Waals surface area contributed by atoms with Crippen LogP contribution in [0.5, 0.6) is 0 Å². The molecule has 0 aliphatic heterocycles. The number of aliphatic hydroxyl groups excluding tert-OH is 1. The summed E-state index contributed by atoms with van der Waals surface area (Å²) in [6.45, 7) is 3.24. The molecule has 0 saturated carbocycles. The number of hydrogen-bond acceptors (Lipinski definition) is 4. The smallest absolute Gasteiger partial charge is 0.241 e. The normalized spacial score (nSPS) is 11.0. The molecule has 21 heavy (non-hydrogen) atoms. The highest BCUT2D eigenvalue weighted by molar-refractivity contribution is 7.89. The number of nitrogens with one attached hydrogen (secondary N) is 1. The van der Waals surface area contributed by atoms with Crippen LogP contribution in [0.1, 0.15) is 25.3 Å². The molecule has 0 saturated heterocycles. The Balaban J connectivity index is 2.66. The van der Waals surface area contributed by atoms with Crippen molar-refractivity contribution in [2.75, 3.05) is 26.4 Å². The number of hydrogen-bond donors (Lipinski definition) is 2. The fourth-order valence-corrected chi connectivity index (χ4v) is 2.88. The van der Waals surface area contributed by atoms with E-state index in [1.54, 1.807) is 18.2 Å². The Kier molecular flexibility index (Phi) is 8.01. The average molecular weight is 311 g/mol. The van der Waals surface area contributed by atoms with Gasteiger partial charge in [0.1, 0.15) is 6.61 Å². The van der Waals surface area contributed by atoms with Gasteiger partial charge in [-0.1, -0.05) is 30.9 Å². The highest BCUT2D eigenvalue weighted by Gasteiger charge is 2.16. The molecule has 6 heteroatoms. The number of aliphatic hydroxyl groups is 1. The minimum atomic E-state index is -3.60. The Hall–Kier alpha value is -1.39. The van der Waals surface area contributed by atoms with E-state index >= 15 is 0 Å². The van der Waals surface area contributed by atoms with E-state index in [9.17, 15) is 8.42 Å². The van der Waals surface area contributed by atoms with Crippen LogP contribution in [0.3, 0.4) is 0 Å². The lowest BCUT2D eigenvalue weighted by atomic mass is 10.2. The van der Waals surface area contributed by atoms with Crippen molar-refractivity contribution < 1.29 is 18.3 Å². The molecule has 2 N–H and O–H groups in total. The van der Waals surface area contributed by atoms with Crippen LogP contribution in [0, 0.1) is 11.8 Å². The van der Waals surface area contributed by atoms with Gasteiger partial charge in [0.15, 0.2) is 0 Å². The molecule has 0 amide bonds. The molecule has 1 aromatic rings. The van der Waals surface area contributed by atoms with Gasteiger partial charge in [0.2, 0.25) is 10.0 Å². The molecule has 1 rings (SSSR count). The molecular formula is C15H21NO4S. The van der Waals surface area contributed by atoms with Crippen molar-refractivity contribution in [1.82, 2.24) is 4.72 Å². The summed E-state index contributed by atoms with van der Waals surface area (Å²) in [4.78, 5) is 0.125. The lowest BCUT2D eigenvalue weighted by molar-refractivity contribution is 0.133. The van der Waals surface area contributed by atoms with Gasteiger partial charge in [0.25, 0.3) is 0 Å². The first kappa shape index (κ1) is 17.7. The Morgan fingerprint density at radius 2 is 2.05 bits per heavy atom. The third-order valence-corrected chi connectivity index (χ3v) is 4.10.